The predicted octanol–water partition coefficient (Wildman–Crippen LogP) is 4.87. The minimum absolute atomic E-state index is 0.208. The second-order valence-corrected chi connectivity index (χ2v) is 4.79. The number of rotatable bonds is 3. The third-order valence-electron chi connectivity index (χ3n) is 3.29. The van der Waals surface area contributed by atoms with E-state index in [0.717, 1.165) is 28.5 Å². The lowest BCUT2D eigenvalue weighted by Gasteiger charge is -2.08. The Balaban J connectivity index is 1.80. The van der Waals surface area contributed by atoms with Gasteiger partial charge in [-0.3, -0.25) is 0 Å². The van der Waals surface area contributed by atoms with E-state index in [-0.39, 0.29) is 5.69 Å². The molecule has 106 valence electrons. The molecule has 4 heteroatoms. The van der Waals surface area contributed by atoms with Crippen LogP contribution in [0.3, 0.4) is 0 Å². The zero-order valence-corrected chi connectivity index (χ0v) is 11.0. The van der Waals surface area contributed by atoms with Crippen LogP contribution in [-0.2, 0) is 6.54 Å². The van der Waals surface area contributed by atoms with Crippen LogP contribution in [-0.4, -0.2) is 0 Å². The van der Waals surface area contributed by atoms with Gasteiger partial charge in [0.25, 0.3) is 0 Å². The number of anilines is 1. The summed E-state index contributed by atoms with van der Waals surface area (Å²) in [4.78, 5) is 0. The van der Waals surface area contributed by atoms with Crippen LogP contribution in [0.1, 0.15) is 5.56 Å². The van der Waals surface area contributed by atoms with E-state index in [2.05, 4.69) is 5.32 Å². The van der Waals surface area contributed by atoms with Gasteiger partial charge in [-0.15, -0.1) is 0 Å². The van der Waals surface area contributed by atoms with Gasteiger partial charge in [0.05, 0.1) is 0 Å². The predicted molar refractivity (Wildman–Crippen MR) is 77.6 cm³/mol. The Kier molecular flexibility index (Phi) is 3.52. The molecule has 0 fully saturated rings. The van der Waals surface area contributed by atoms with Crippen molar-refractivity contribution in [3.63, 3.8) is 0 Å². The standard InChI is InChI=1S/C17H12F3N/c18-15-8-14(9-16(19)17(15)20)21-10-11-5-6-12-3-1-2-4-13(12)7-11/h1-9,21H,10H2. The Morgan fingerprint density at radius 1 is 0.762 bits per heavy atom. The van der Waals surface area contributed by atoms with Crippen molar-refractivity contribution in [1.82, 2.24) is 0 Å². The number of fused-ring (bicyclic) bond motifs is 1. The fourth-order valence-corrected chi connectivity index (χ4v) is 2.21. The normalized spacial score (nSPS) is 10.8. The summed E-state index contributed by atoms with van der Waals surface area (Å²) in [6, 6.07) is 15.7. The van der Waals surface area contributed by atoms with Gasteiger partial charge >= 0.3 is 0 Å². The summed E-state index contributed by atoms with van der Waals surface area (Å²) < 4.78 is 39.1. The van der Waals surface area contributed by atoms with E-state index in [1.54, 1.807) is 0 Å². The largest absolute Gasteiger partial charge is 0.381 e. The van der Waals surface area contributed by atoms with Crippen LogP contribution in [0.25, 0.3) is 10.8 Å². The Bertz CT molecular complexity index is 776. The van der Waals surface area contributed by atoms with Crippen molar-refractivity contribution in [3.05, 3.63) is 77.6 Å². The third-order valence-corrected chi connectivity index (χ3v) is 3.29. The zero-order valence-electron chi connectivity index (χ0n) is 11.0. The molecule has 0 amide bonds. The number of hydrogen-bond acceptors (Lipinski definition) is 1. The van der Waals surface area contributed by atoms with Crippen molar-refractivity contribution in [2.75, 3.05) is 5.32 Å². The summed E-state index contributed by atoms with van der Waals surface area (Å²) in [5.74, 6) is -3.85. The summed E-state index contributed by atoms with van der Waals surface area (Å²) in [7, 11) is 0. The molecule has 0 aliphatic carbocycles. The summed E-state index contributed by atoms with van der Waals surface area (Å²) in [6.07, 6.45) is 0. The maximum Gasteiger partial charge on any atom is 0.194 e. The molecule has 3 rings (SSSR count). The average Bonchev–Trinajstić information content (AvgIpc) is 2.50. The van der Waals surface area contributed by atoms with Gasteiger partial charge in [-0.25, -0.2) is 13.2 Å². The van der Waals surface area contributed by atoms with Crippen molar-refractivity contribution in [2.24, 2.45) is 0 Å². The first kappa shape index (κ1) is 13.5. The first-order valence-electron chi connectivity index (χ1n) is 6.49. The number of hydrogen-bond donors (Lipinski definition) is 1. The lowest BCUT2D eigenvalue weighted by atomic mass is 10.1. The molecular weight excluding hydrogens is 275 g/mol. The SMILES string of the molecule is Fc1cc(NCc2ccc3ccccc3c2)cc(F)c1F. The minimum atomic E-state index is -1.45. The van der Waals surface area contributed by atoms with Gasteiger partial charge in [0.15, 0.2) is 17.5 Å². The van der Waals surface area contributed by atoms with Crippen LogP contribution in [0, 0.1) is 17.5 Å². The van der Waals surface area contributed by atoms with E-state index < -0.39 is 17.5 Å². The molecule has 0 aromatic heterocycles. The Hall–Kier alpha value is -2.49. The molecule has 21 heavy (non-hydrogen) atoms. The molecule has 3 aromatic rings. The second-order valence-electron chi connectivity index (χ2n) is 4.79. The highest BCUT2D eigenvalue weighted by atomic mass is 19.2. The lowest BCUT2D eigenvalue weighted by molar-refractivity contribution is 0.447. The molecule has 0 aliphatic rings. The minimum Gasteiger partial charge on any atom is -0.381 e. The first-order chi connectivity index (χ1) is 10.1. The topological polar surface area (TPSA) is 12.0 Å². The van der Waals surface area contributed by atoms with Crippen LogP contribution in [0.5, 0.6) is 0 Å². The van der Waals surface area contributed by atoms with E-state index in [4.69, 9.17) is 0 Å². The van der Waals surface area contributed by atoms with Crippen LogP contribution in [0.15, 0.2) is 54.6 Å². The molecule has 0 bridgehead atoms. The van der Waals surface area contributed by atoms with E-state index in [0.29, 0.717) is 6.54 Å². The van der Waals surface area contributed by atoms with E-state index in [9.17, 15) is 13.2 Å². The molecule has 0 atom stereocenters. The van der Waals surface area contributed by atoms with Crippen LogP contribution in [0.4, 0.5) is 18.9 Å². The van der Waals surface area contributed by atoms with Gasteiger partial charge in [-0.05, 0) is 22.4 Å². The van der Waals surface area contributed by atoms with E-state index in [1.165, 1.54) is 0 Å². The fourth-order valence-electron chi connectivity index (χ4n) is 2.21. The Morgan fingerprint density at radius 3 is 2.14 bits per heavy atom. The molecule has 0 spiro atoms. The summed E-state index contributed by atoms with van der Waals surface area (Å²) in [6.45, 7) is 0.398. The van der Waals surface area contributed by atoms with Gasteiger partial charge in [0.1, 0.15) is 0 Å². The van der Waals surface area contributed by atoms with Crippen LogP contribution < -0.4 is 5.32 Å². The van der Waals surface area contributed by atoms with E-state index in [1.807, 2.05) is 42.5 Å². The second kappa shape index (κ2) is 5.48. The molecule has 0 heterocycles. The smallest absolute Gasteiger partial charge is 0.194 e. The van der Waals surface area contributed by atoms with Crippen LogP contribution >= 0.6 is 0 Å². The molecule has 3 aromatic carbocycles. The van der Waals surface area contributed by atoms with Gasteiger partial charge < -0.3 is 5.32 Å². The first-order valence-corrected chi connectivity index (χ1v) is 6.49. The van der Waals surface area contributed by atoms with Crippen molar-refractivity contribution < 1.29 is 13.2 Å². The molecule has 0 aliphatic heterocycles. The number of benzene rings is 3. The van der Waals surface area contributed by atoms with Crippen molar-refractivity contribution in [2.45, 2.75) is 6.54 Å². The summed E-state index contributed by atoms with van der Waals surface area (Å²) in [5, 5.41) is 5.10. The Labute approximate surface area is 120 Å². The highest BCUT2D eigenvalue weighted by Gasteiger charge is 2.10. The van der Waals surface area contributed by atoms with Gasteiger partial charge in [0, 0.05) is 24.4 Å². The average molecular weight is 287 g/mol. The molecule has 1 nitrogen and oxygen atoms in total. The zero-order chi connectivity index (χ0) is 14.8. The third kappa shape index (κ3) is 2.84. The maximum absolute atomic E-state index is 13.1. The molecule has 1 N–H and O–H groups in total. The highest BCUT2D eigenvalue weighted by Crippen LogP contribution is 2.19. The Morgan fingerprint density at radius 2 is 1.43 bits per heavy atom. The molecule has 0 unspecified atom stereocenters. The summed E-state index contributed by atoms with van der Waals surface area (Å²) in [5.41, 5.74) is 1.18. The van der Waals surface area contributed by atoms with Crippen molar-refractivity contribution in [3.8, 4) is 0 Å². The quantitative estimate of drug-likeness (QED) is 0.678. The van der Waals surface area contributed by atoms with Gasteiger partial charge in [-0.1, -0.05) is 36.4 Å². The summed E-state index contributed by atoms with van der Waals surface area (Å²) >= 11 is 0. The number of halogens is 3. The molecule has 0 saturated heterocycles. The van der Waals surface area contributed by atoms with Gasteiger partial charge in [0.2, 0.25) is 0 Å². The monoisotopic (exact) mass is 287 g/mol. The lowest BCUT2D eigenvalue weighted by Crippen LogP contribution is -2.02. The van der Waals surface area contributed by atoms with Crippen LogP contribution in [0.2, 0.25) is 0 Å². The van der Waals surface area contributed by atoms with E-state index >= 15 is 0 Å². The highest BCUT2D eigenvalue weighted by molar-refractivity contribution is 5.83. The fraction of sp³-hybridized carbons (Fsp3) is 0.0588. The molecule has 0 saturated carbocycles. The molecule has 0 radical (unpaired) electrons. The van der Waals surface area contributed by atoms with Crippen molar-refractivity contribution >= 4 is 16.5 Å². The van der Waals surface area contributed by atoms with Gasteiger partial charge in [-0.2, -0.15) is 0 Å². The number of nitrogens with one attached hydrogen (secondary N) is 1. The maximum atomic E-state index is 13.1. The molecular formula is C17H12F3N. The van der Waals surface area contributed by atoms with Crippen molar-refractivity contribution in [1.29, 1.82) is 0 Å².